The lowest BCUT2D eigenvalue weighted by Crippen LogP contribution is -2.26. The fourth-order valence-corrected chi connectivity index (χ4v) is 2.86. The first-order valence-corrected chi connectivity index (χ1v) is 6.74. The largest absolute Gasteiger partial charge is 0.384 e. The van der Waals surface area contributed by atoms with Gasteiger partial charge in [0.15, 0.2) is 12.4 Å². The standard InChI is InChI=1S/C13H14N5S/c1-17-3-2-9-5-16-18(12(9)7-17)6-11-4-10(8-19-11)13(14)15/h2-5,7-8H,6H2,1H3,(H3,14,15)/q+1. The summed E-state index contributed by atoms with van der Waals surface area (Å²) in [6.07, 6.45) is 5.93. The molecule has 0 spiro atoms. The third kappa shape index (κ3) is 2.22. The Balaban J connectivity index is 1.96. The number of nitrogens with zero attached hydrogens (tertiary/aromatic N) is 3. The highest BCUT2D eigenvalue weighted by molar-refractivity contribution is 7.10. The van der Waals surface area contributed by atoms with Crippen LogP contribution in [0.5, 0.6) is 0 Å². The van der Waals surface area contributed by atoms with Gasteiger partial charge >= 0.3 is 0 Å². The van der Waals surface area contributed by atoms with Crippen LogP contribution in [0.2, 0.25) is 0 Å². The quantitative estimate of drug-likeness (QED) is 0.428. The summed E-state index contributed by atoms with van der Waals surface area (Å²) in [4.78, 5) is 1.14. The van der Waals surface area contributed by atoms with E-state index in [1.807, 2.05) is 46.2 Å². The number of rotatable bonds is 3. The van der Waals surface area contributed by atoms with Gasteiger partial charge in [-0.3, -0.25) is 10.1 Å². The molecular weight excluding hydrogens is 258 g/mol. The lowest BCUT2D eigenvalue weighted by Gasteiger charge is -1.99. The van der Waals surface area contributed by atoms with Crippen molar-refractivity contribution in [2.75, 3.05) is 0 Å². The summed E-state index contributed by atoms with van der Waals surface area (Å²) in [5.74, 6) is 0.110. The summed E-state index contributed by atoms with van der Waals surface area (Å²) in [7, 11) is 2.00. The molecule has 5 nitrogen and oxygen atoms in total. The van der Waals surface area contributed by atoms with Crippen LogP contribution in [-0.4, -0.2) is 15.6 Å². The van der Waals surface area contributed by atoms with Crippen LogP contribution in [0.15, 0.2) is 36.1 Å². The predicted octanol–water partition coefficient (Wildman–Crippen LogP) is 1.25. The molecular formula is C13H14N5S+. The van der Waals surface area contributed by atoms with Gasteiger partial charge < -0.3 is 5.73 Å². The highest BCUT2D eigenvalue weighted by atomic mass is 32.1. The van der Waals surface area contributed by atoms with Gasteiger partial charge in [0.2, 0.25) is 0 Å². The minimum absolute atomic E-state index is 0.110. The summed E-state index contributed by atoms with van der Waals surface area (Å²) >= 11 is 1.60. The van der Waals surface area contributed by atoms with E-state index in [0.717, 1.165) is 21.3 Å². The maximum Gasteiger partial charge on any atom is 0.194 e. The van der Waals surface area contributed by atoms with Crippen LogP contribution in [0.4, 0.5) is 0 Å². The average Bonchev–Trinajstić information content (AvgIpc) is 2.98. The van der Waals surface area contributed by atoms with Gasteiger partial charge in [0, 0.05) is 27.3 Å². The molecule has 0 unspecified atom stereocenters. The molecule has 0 aliphatic carbocycles. The lowest BCUT2D eigenvalue weighted by molar-refractivity contribution is -0.670. The van der Waals surface area contributed by atoms with Crippen molar-refractivity contribution in [2.45, 2.75) is 6.54 Å². The zero-order valence-corrected chi connectivity index (χ0v) is 11.3. The molecule has 3 N–H and O–H groups in total. The first kappa shape index (κ1) is 11.9. The minimum Gasteiger partial charge on any atom is -0.384 e. The van der Waals surface area contributed by atoms with Gasteiger partial charge in [-0.25, -0.2) is 4.57 Å². The van der Waals surface area contributed by atoms with Gasteiger partial charge in [0.25, 0.3) is 0 Å². The first-order chi connectivity index (χ1) is 9.13. The SMILES string of the molecule is C[n+]1ccc2cnn(Cc3cc(C(=N)N)cs3)c2c1. The zero-order chi connectivity index (χ0) is 13.4. The third-order valence-corrected chi connectivity index (χ3v) is 3.92. The number of nitrogen functional groups attached to an aromatic ring is 1. The van der Waals surface area contributed by atoms with Crippen LogP contribution in [0.1, 0.15) is 10.4 Å². The summed E-state index contributed by atoms with van der Waals surface area (Å²) in [6.45, 7) is 0.700. The molecule has 3 rings (SSSR count). The van der Waals surface area contributed by atoms with Crippen LogP contribution >= 0.6 is 11.3 Å². The Morgan fingerprint density at radius 2 is 2.42 bits per heavy atom. The molecule has 19 heavy (non-hydrogen) atoms. The minimum atomic E-state index is 0.110. The van der Waals surface area contributed by atoms with E-state index in [-0.39, 0.29) is 5.84 Å². The second-order valence-corrected chi connectivity index (χ2v) is 5.46. The van der Waals surface area contributed by atoms with Gasteiger partial charge in [-0.2, -0.15) is 5.10 Å². The van der Waals surface area contributed by atoms with Crippen molar-refractivity contribution in [3.63, 3.8) is 0 Å². The zero-order valence-electron chi connectivity index (χ0n) is 10.5. The van der Waals surface area contributed by atoms with Crippen LogP contribution < -0.4 is 10.3 Å². The first-order valence-electron chi connectivity index (χ1n) is 5.86. The molecule has 3 heterocycles. The van der Waals surface area contributed by atoms with E-state index in [4.69, 9.17) is 11.1 Å². The topological polar surface area (TPSA) is 71.6 Å². The average molecular weight is 272 g/mol. The van der Waals surface area contributed by atoms with E-state index < -0.39 is 0 Å². The van der Waals surface area contributed by atoms with Gasteiger partial charge in [-0.05, 0) is 6.07 Å². The molecule has 0 fully saturated rings. The Kier molecular flexibility index (Phi) is 2.79. The van der Waals surface area contributed by atoms with E-state index in [1.165, 1.54) is 0 Å². The van der Waals surface area contributed by atoms with Crippen molar-refractivity contribution in [3.8, 4) is 0 Å². The second-order valence-electron chi connectivity index (χ2n) is 4.47. The summed E-state index contributed by atoms with van der Waals surface area (Å²) in [5.41, 5.74) is 7.35. The molecule has 0 aliphatic rings. The van der Waals surface area contributed by atoms with Crippen molar-refractivity contribution in [2.24, 2.45) is 12.8 Å². The van der Waals surface area contributed by atoms with E-state index in [1.54, 1.807) is 11.3 Å². The molecule has 96 valence electrons. The molecule has 0 atom stereocenters. The van der Waals surface area contributed by atoms with E-state index in [9.17, 15) is 0 Å². The number of amidine groups is 1. The number of fused-ring (bicyclic) bond motifs is 1. The van der Waals surface area contributed by atoms with Crippen LogP contribution in [0.25, 0.3) is 10.9 Å². The molecule has 0 bridgehead atoms. The summed E-state index contributed by atoms with van der Waals surface area (Å²) in [5, 5.41) is 14.9. The molecule has 0 saturated heterocycles. The highest BCUT2D eigenvalue weighted by Gasteiger charge is 2.09. The summed E-state index contributed by atoms with van der Waals surface area (Å²) in [6, 6.07) is 4.00. The number of pyridine rings is 1. The predicted molar refractivity (Wildman–Crippen MR) is 75.3 cm³/mol. The monoisotopic (exact) mass is 272 g/mol. The Morgan fingerprint density at radius 1 is 1.58 bits per heavy atom. The normalized spacial score (nSPS) is 11.0. The van der Waals surface area contributed by atoms with Crippen molar-refractivity contribution >= 4 is 28.1 Å². The molecule has 6 heteroatoms. The number of hydrogen-bond donors (Lipinski definition) is 2. The van der Waals surface area contributed by atoms with Gasteiger partial charge in [0.1, 0.15) is 18.4 Å². The summed E-state index contributed by atoms with van der Waals surface area (Å²) < 4.78 is 3.97. The van der Waals surface area contributed by atoms with Crippen LogP contribution in [0, 0.1) is 5.41 Å². The Bertz CT molecular complexity index is 755. The molecule has 0 aromatic carbocycles. The molecule has 0 saturated carbocycles. The van der Waals surface area contributed by atoms with E-state index in [0.29, 0.717) is 6.54 Å². The van der Waals surface area contributed by atoms with Gasteiger partial charge in [-0.15, -0.1) is 11.3 Å². The van der Waals surface area contributed by atoms with Crippen molar-refractivity contribution in [1.29, 1.82) is 5.41 Å². The molecule has 3 aromatic rings. The maximum absolute atomic E-state index is 7.42. The maximum atomic E-state index is 7.42. The Morgan fingerprint density at radius 3 is 3.16 bits per heavy atom. The van der Waals surface area contributed by atoms with E-state index in [2.05, 4.69) is 11.3 Å². The van der Waals surface area contributed by atoms with Gasteiger partial charge in [-0.1, -0.05) is 0 Å². The lowest BCUT2D eigenvalue weighted by atomic mass is 10.3. The molecule has 0 aliphatic heterocycles. The van der Waals surface area contributed by atoms with Crippen molar-refractivity contribution < 1.29 is 4.57 Å². The molecule has 0 amide bonds. The number of aryl methyl sites for hydroxylation is 1. The number of nitrogens with one attached hydrogen (secondary N) is 1. The molecule has 3 aromatic heterocycles. The fourth-order valence-electron chi connectivity index (χ4n) is 1.99. The number of nitrogens with two attached hydrogens (primary N) is 1. The molecule has 0 radical (unpaired) electrons. The number of thiophene rings is 1. The van der Waals surface area contributed by atoms with Gasteiger partial charge in [0.05, 0.1) is 12.7 Å². The third-order valence-electron chi connectivity index (χ3n) is 3.00. The number of hydrogen-bond acceptors (Lipinski definition) is 3. The smallest absolute Gasteiger partial charge is 0.194 e. The highest BCUT2D eigenvalue weighted by Crippen LogP contribution is 2.18. The fraction of sp³-hybridized carbons (Fsp3) is 0.154. The second kappa shape index (κ2) is 4.47. The van der Waals surface area contributed by atoms with Crippen molar-refractivity contribution in [1.82, 2.24) is 9.78 Å². The van der Waals surface area contributed by atoms with Crippen LogP contribution in [-0.2, 0) is 13.6 Å². The Labute approximate surface area is 114 Å². The van der Waals surface area contributed by atoms with Crippen LogP contribution in [0.3, 0.4) is 0 Å². The van der Waals surface area contributed by atoms with E-state index >= 15 is 0 Å². The van der Waals surface area contributed by atoms with Crippen molar-refractivity contribution in [3.05, 3.63) is 46.5 Å². The Hall–Kier alpha value is -2.21. The number of aromatic nitrogens is 3.